The number of hydrogen-bond donors (Lipinski definition) is 1. The van der Waals surface area contributed by atoms with Gasteiger partial charge >= 0.3 is 5.97 Å². The Balaban J connectivity index is 2.66. The van der Waals surface area contributed by atoms with Gasteiger partial charge in [-0.15, -0.1) is 0 Å². The molecule has 20 heavy (non-hydrogen) atoms. The molecule has 1 aromatic carbocycles. The van der Waals surface area contributed by atoms with Gasteiger partial charge in [0.05, 0.1) is 7.11 Å². The van der Waals surface area contributed by atoms with Crippen molar-refractivity contribution in [3.8, 4) is 11.5 Å². The van der Waals surface area contributed by atoms with Crippen LogP contribution in [-0.4, -0.2) is 48.7 Å². The largest absolute Gasteiger partial charge is 0.493 e. The number of carbonyl (C=O) groups excluding carboxylic acids is 1. The number of methoxy groups -OCH3 is 1. The van der Waals surface area contributed by atoms with Gasteiger partial charge in [-0.05, 0) is 31.5 Å². The van der Waals surface area contributed by atoms with Crippen molar-refractivity contribution in [2.24, 2.45) is 0 Å². The maximum absolute atomic E-state index is 11.8. The summed E-state index contributed by atoms with van der Waals surface area (Å²) in [6, 6.07) is 5.36. The molecule has 6 nitrogen and oxygen atoms in total. The second kappa shape index (κ2) is 7.37. The van der Waals surface area contributed by atoms with Crippen molar-refractivity contribution in [3.63, 3.8) is 0 Å². The number of likely N-dealkylation sites (N-methyl/N-ethyl adjacent to an activating group) is 1. The monoisotopic (exact) mass is 281 g/mol. The highest BCUT2D eigenvalue weighted by molar-refractivity contribution is 5.82. The van der Waals surface area contributed by atoms with Crippen molar-refractivity contribution in [2.45, 2.75) is 13.8 Å². The van der Waals surface area contributed by atoms with Gasteiger partial charge < -0.3 is 19.5 Å². The molecule has 0 spiro atoms. The molecule has 0 saturated carbocycles. The first-order valence-corrected chi connectivity index (χ1v) is 6.25. The van der Waals surface area contributed by atoms with E-state index in [1.165, 1.54) is 12.0 Å². The first-order chi connectivity index (χ1) is 9.47. The van der Waals surface area contributed by atoms with E-state index in [0.717, 1.165) is 5.56 Å². The Morgan fingerprint density at radius 3 is 2.55 bits per heavy atom. The highest BCUT2D eigenvalue weighted by Gasteiger charge is 2.16. The molecule has 0 aliphatic carbocycles. The van der Waals surface area contributed by atoms with E-state index in [0.29, 0.717) is 18.0 Å². The number of amides is 1. The third-order valence-electron chi connectivity index (χ3n) is 2.73. The number of carbonyl (C=O) groups is 2. The summed E-state index contributed by atoms with van der Waals surface area (Å²) in [6.07, 6.45) is 0. The van der Waals surface area contributed by atoms with Crippen molar-refractivity contribution >= 4 is 11.9 Å². The third kappa shape index (κ3) is 4.46. The van der Waals surface area contributed by atoms with E-state index < -0.39 is 5.97 Å². The minimum Gasteiger partial charge on any atom is -0.493 e. The number of aliphatic carboxylic acids is 1. The lowest BCUT2D eigenvalue weighted by molar-refractivity contribution is -0.145. The van der Waals surface area contributed by atoms with E-state index in [-0.39, 0.29) is 19.1 Å². The van der Waals surface area contributed by atoms with E-state index in [9.17, 15) is 9.59 Å². The standard InChI is InChI=1S/C14H19NO5/c1-4-15(8-14(17)18)13(16)9-20-11-6-5-10(2)7-12(11)19-3/h5-7H,4,8-9H2,1-3H3,(H,17,18). The zero-order valence-corrected chi connectivity index (χ0v) is 11.9. The summed E-state index contributed by atoms with van der Waals surface area (Å²) in [5.74, 6) is -0.428. The molecular formula is C14H19NO5. The summed E-state index contributed by atoms with van der Waals surface area (Å²) in [5.41, 5.74) is 1.02. The lowest BCUT2D eigenvalue weighted by Gasteiger charge is -2.19. The number of carboxylic acid groups (broad SMARTS) is 1. The van der Waals surface area contributed by atoms with Crippen LogP contribution in [0, 0.1) is 6.92 Å². The van der Waals surface area contributed by atoms with E-state index in [2.05, 4.69) is 0 Å². The first kappa shape index (κ1) is 15.8. The Labute approximate surface area is 117 Å². The SMILES string of the molecule is CCN(CC(=O)O)C(=O)COc1ccc(C)cc1OC. The minimum absolute atomic E-state index is 0.222. The predicted octanol–water partition coefficient (Wildman–Crippen LogP) is 1.32. The molecule has 0 aliphatic heterocycles. The fourth-order valence-corrected chi connectivity index (χ4v) is 1.66. The van der Waals surface area contributed by atoms with Crippen molar-refractivity contribution < 1.29 is 24.2 Å². The summed E-state index contributed by atoms with van der Waals surface area (Å²) >= 11 is 0. The maximum atomic E-state index is 11.8. The Bertz CT molecular complexity index is 486. The number of benzene rings is 1. The molecule has 110 valence electrons. The van der Waals surface area contributed by atoms with Crippen LogP contribution in [0.25, 0.3) is 0 Å². The van der Waals surface area contributed by atoms with Gasteiger partial charge in [-0.25, -0.2) is 0 Å². The van der Waals surface area contributed by atoms with Crippen LogP contribution in [-0.2, 0) is 9.59 Å². The van der Waals surface area contributed by atoms with Gasteiger partial charge in [-0.1, -0.05) is 6.07 Å². The Kier molecular flexibility index (Phi) is 5.83. The van der Waals surface area contributed by atoms with Crippen LogP contribution in [0.4, 0.5) is 0 Å². The number of carboxylic acids is 1. The van der Waals surface area contributed by atoms with Gasteiger partial charge in [0.1, 0.15) is 6.54 Å². The van der Waals surface area contributed by atoms with Gasteiger partial charge in [-0.2, -0.15) is 0 Å². The summed E-state index contributed by atoms with van der Waals surface area (Å²) in [7, 11) is 1.52. The van der Waals surface area contributed by atoms with Gasteiger partial charge in [0.15, 0.2) is 18.1 Å². The topological polar surface area (TPSA) is 76.1 Å². The maximum Gasteiger partial charge on any atom is 0.323 e. The molecule has 0 aliphatic rings. The van der Waals surface area contributed by atoms with Crippen LogP contribution in [0.2, 0.25) is 0 Å². The Morgan fingerprint density at radius 1 is 1.30 bits per heavy atom. The van der Waals surface area contributed by atoms with Crippen LogP contribution in [0.5, 0.6) is 11.5 Å². The second-order valence-corrected chi connectivity index (χ2v) is 4.24. The normalized spacial score (nSPS) is 9.95. The van der Waals surface area contributed by atoms with Crippen LogP contribution in [0.3, 0.4) is 0 Å². The minimum atomic E-state index is -1.05. The second-order valence-electron chi connectivity index (χ2n) is 4.24. The molecule has 0 atom stereocenters. The number of hydrogen-bond acceptors (Lipinski definition) is 4. The number of nitrogens with zero attached hydrogens (tertiary/aromatic N) is 1. The van der Waals surface area contributed by atoms with Crippen molar-refractivity contribution in [3.05, 3.63) is 23.8 Å². The molecule has 0 fully saturated rings. The molecule has 0 aromatic heterocycles. The molecule has 0 bridgehead atoms. The molecule has 1 rings (SSSR count). The molecule has 0 heterocycles. The van der Waals surface area contributed by atoms with E-state index in [1.54, 1.807) is 19.1 Å². The quantitative estimate of drug-likeness (QED) is 0.815. The zero-order valence-electron chi connectivity index (χ0n) is 11.9. The van der Waals surface area contributed by atoms with Gasteiger partial charge in [0.25, 0.3) is 5.91 Å². The van der Waals surface area contributed by atoms with Gasteiger partial charge in [-0.3, -0.25) is 9.59 Å². The molecule has 6 heteroatoms. The highest BCUT2D eigenvalue weighted by Crippen LogP contribution is 2.27. The smallest absolute Gasteiger partial charge is 0.323 e. The Hall–Kier alpha value is -2.24. The fourth-order valence-electron chi connectivity index (χ4n) is 1.66. The Morgan fingerprint density at radius 2 is 2.00 bits per heavy atom. The summed E-state index contributed by atoms with van der Waals surface area (Å²) < 4.78 is 10.6. The fraction of sp³-hybridized carbons (Fsp3) is 0.429. The zero-order chi connectivity index (χ0) is 15.1. The summed E-state index contributed by atoms with van der Waals surface area (Å²) in [5, 5.41) is 8.71. The van der Waals surface area contributed by atoms with Crippen molar-refractivity contribution in [2.75, 3.05) is 26.8 Å². The van der Waals surface area contributed by atoms with Gasteiger partial charge in [0, 0.05) is 6.54 Å². The predicted molar refractivity (Wildman–Crippen MR) is 73.1 cm³/mol. The van der Waals surface area contributed by atoms with Crippen LogP contribution >= 0.6 is 0 Å². The van der Waals surface area contributed by atoms with E-state index >= 15 is 0 Å². The molecule has 0 radical (unpaired) electrons. The summed E-state index contributed by atoms with van der Waals surface area (Å²) in [6.45, 7) is 3.40. The number of ether oxygens (including phenoxy) is 2. The lowest BCUT2D eigenvalue weighted by atomic mass is 10.2. The molecule has 1 aromatic rings. The average Bonchev–Trinajstić information content (AvgIpc) is 2.42. The van der Waals surface area contributed by atoms with E-state index in [1.807, 2.05) is 13.0 Å². The van der Waals surface area contributed by atoms with Crippen molar-refractivity contribution in [1.29, 1.82) is 0 Å². The van der Waals surface area contributed by atoms with Crippen LogP contribution in [0.1, 0.15) is 12.5 Å². The molecule has 0 saturated heterocycles. The molecule has 1 amide bonds. The first-order valence-electron chi connectivity index (χ1n) is 6.25. The van der Waals surface area contributed by atoms with Crippen LogP contribution in [0.15, 0.2) is 18.2 Å². The summed E-state index contributed by atoms with van der Waals surface area (Å²) in [4.78, 5) is 23.7. The lowest BCUT2D eigenvalue weighted by Crippen LogP contribution is -2.38. The van der Waals surface area contributed by atoms with Crippen molar-refractivity contribution in [1.82, 2.24) is 4.90 Å². The molecule has 1 N–H and O–H groups in total. The van der Waals surface area contributed by atoms with Gasteiger partial charge in [0.2, 0.25) is 0 Å². The van der Waals surface area contributed by atoms with Crippen LogP contribution < -0.4 is 9.47 Å². The number of rotatable bonds is 7. The van der Waals surface area contributed by atoms with E-state index in [4.69, 9.17) is 14.6 Å². The average molecular weight is 281 g/mol. The molecular weight excluding hydrogens is 262 g/mol. The number of aryl methyl sites for hydroxylation is 1. The molecule has 0 unspecified atom stereocenters. The highest BCUT2D eigenvalue weighted by atomic mass is 16.5. The third-order valence-corrected chi connectivity index (χ3v) is 2.73.